The number of methoxy groups -OCH3 is 6. The molecule has 15 heteroatoms. The van der Waals surface area contributed by atoms with E-state index in [1.807, 2.05) is 91.0 Å². The van der Waals surface area contributed by atoms with Crippen molar-refractivity contribution < 1.29 is 61.5 Å². The van der Waals surface area contributed by atoms with Crippen LogP contribution in [0.4, 0.5) is 0 Å². The summed E-state index contributed by atoms with van der Waals surface area (Å²) in [5, 5.41) is 5.35. The molecular weight excluding hydrogens is 851 g/mol. The van der Waals surface area contributed by atoms with Gasteiger partial charge in [0.2, 0.25) is 11.5 Å². The van der Waals surface area contributed by atoms with Gasteiger partial charge in [0, 0.05) is 18.1 Å². The summed E-state index contributed by atoms with van der Waals surface area (Å²) in [5.41, 5.74) is 1.86. The van der Waals surface area contributed by atoms with Crippen molar-refractivity contribution in [1.29, 1.82) is 0 Å². The van der Waals surface area contributed by atoms with Crippen LogP contribution in [0.25, 0.3) is 21.5 Å². The summed E-state index contributed by atoms with van der Waals surface area (Å²) >= 11 is 0. The van der Waals surface area contributed by atoms with Crippen molar-refractivity contribution in [3.05, 3.63) is 153 Å². The van der Waals surface area contributed by atoms with E-state index in [2.05, 4.69) is 5.16 Å². The lowest BCUT2D eigenvalue weighted by atomic mass is 9.93. The third kappa shape index (κ3) is 8.57. The van der Waals surface area contributed by atoms with Crippen LogP contribution >= 0.6 is 0 Å². The van der Waals surface area contributed by atoms with Crippen molar-refractivity contribution in [3.8, 4) is 46.0 Å². The molecule has 8 rings (SSSR count). The zero-order valence-corrected chi connectivity index (χ0v) is 37.0. The normalized spacial score (nSPS) is 13.1. The van der Waals surface area contributed by atoms with E-state index in [1.165, 1.54) is 48.7 Å². The maximum atomic E-state index is 15.3. The van der Waals surface area contributed by atoms with E-state index in [4.69, 9.17) is 51.9 Å². The van der Waals surface area contributed by atoms with Gasteiger partial charge in [0.1, 0.15) is 48.0 Å². The second kappa shape index (κ2) is 19.7. The first-order valence-electron chi connectivity index (χ1n) is 20.6. The Kier molecular flexibility index (Phi) is 13.2. The third-order valence-corrected chi connectivity index (χ3v) is 10.9. The summed E-state index contributed by atoms with van der Waals surface area (Å²) in [4.78, 5) is 48.0. The summed E-state index contributed by atoms with van der Waals surface area (Å²) < 4.78 is 59.5. The number of Topliss-reactive ketones (excluding diaryl/α,β-unsaturated/α-hetero) is 1. The monoisotopic (exact) mass is 895 g/mol. The van der Waals surface area contributed by atoms with E-state index in [1.54, 1.807) is 12.1 Å². The van der Waals surface area contributed by atoms with E-state index in [0.717, 1.165) is 16.7 Å². The van der Waals surface area contributed by atoms with Gasteiger partial charge in [0.15, 0.2) is 40.6 Å². The zero-order valence-electron chi connectivity index (χ0n) is 37.0. The van der Waals surface area contributed by atoms with Gasteiger partial charge in [-0.2, -0.15) is 0 Å². The van der Waals surface area contributed by atoms with Crippen LogP contribution in [0.1, 0.15) is 55.7 Å². The van der Waals surface area contributed by atoms with Gasteiger partial charge in [-0.15, -0.1) is 0 Å². The molecule has 0 amide bonds. The molecule has 1 atom stereocenters. The maximum absolute atomic E-state index is 15.3. The predicted molar refractivity (Wildman–Crippen MR) is 243 cm³/mol. The smallest absolute Gasteiger partial charge is 0.374 e. The lowest BCUT2D eigenvalue weighted by Gasteiger charge is -2.23. The minimum absolute atomic E-state index is 0.00909. The van der Waals surface area contributed by atoms with E-state index in [0.29, 0.717) is 27.8 Å². The summed E-state index contributed by atoms with van der Waals surface area (Å²) in [7, 11) is 8.50. The fourth-order valence-corrected chi connectivity index (χ4v) is 7.84. The molecule has 0 N–H and O–H groups in total. The lowest BCUT2D eigenvalue weighted by molar-refractivity contribution is 0.0560. The van der Waals surface area contributed by atoms with Crippen LogP contribution in [0.15, 0.2) is 124 Å². The number of nitrogens with zero attached hydrogens (tertiary/aromatic N) is 1. The topological polar surface area (TPSA) is 169 Å². The fourth-order valence-electron chi connectivity index (χ4n) is 7.84. The Hall–Kier alpha value is -8.20. The van der Waals surface area contributed by atoms with Gasteiger partial charge >= 0.3 is 11.6 Å². The van der Waals surface area contributed by atoms with Crippen LogP contribution in [-0.2, 0) is 29.4 Å². The van der Waals surface area contributed by atoms with Gasteiger partial charge < -0.3 is 51.9 Å². The van der Waals surface area contributed by atoms with Gasteiger partial charge in [-0.25, -0.2) is 9.59 Å². The zero-order chi connectivity index (χ0) is 46.3. The number of ketones is 1. The summed E-state index contributed by atoms with van der Waals surface area (Å²) in [6, 6.07) is 32.8. The van der Waals surface area contributed by atoms with Crippen LogP contribution in [0.3, 0.4) is 0 Å². The standard InChI is InChI=1S/C51H45NO14/c1-56-36-25-37(57-2)45(58-3)41-40(36)46(59-4)42(49(47(41)60-5)64-28-31-20-14-9-15-21-31)43(53)34-24-35(66-52-34)33-22-32-23-38(50(54)61-6)65-51(55)39(32)48(63-27-30-18-12-8-13-19-30)44(33)62-26-29-16-10-7-11-17-29/h7-23,25,35H,24,26-28H2,1-6H3. The van der Waals surface area contributed by atoms with Crippen molar-refractivity contribution in [1.82, 2.24) is 0 Å². The highest BCUT2D eigenvalue weighted by atomic mass is 16.6. The molecule has 338 valence electrons. The average molecular weight is 896 g/mol. The number of oxime groups is 1. The highest BCUT2D eigenvalue weighted by molar-refractivity contribution is 6.48. The maximum Gasteiger partial charge on any atom is 0.374 e. The van der Waals surface area contributed by atoms with Crippen LogP contribution < -0.4 is 43.5 Å². The Morgan fingerprint density at radius 3 is 1.65 bits per heavy atom. The quantitative estimate of drug-likeness (QED) is 0.0590. The van der Waals surface area contributed by atoms with Gasteiger partial charge in [-0.05, 0) is 34.2 Å². The van der Waals surface area contributed by atoms with Crippen LogP contribution in [0, 0.1) is 0 Å². The van der Waals surface area contributed by atoms with Gasteiger partial charge in [0.25, 0.3) is 0 Å². The van der Waals surface area contributed by atoms with E-state index in [-0.39, 0.29) is 88.5 Å². The molecule has 0 radical (unpaired) electrons. The van der Waals surface area contributed by atoms with Gasteiger partial charge in [0.05, 0.1) is 53.4 Å². The number of hydrogen-bond donors (Lipinski definition) is 0. The number of fused-ring (bicyclic) bond motifs is 2. The number of esters is 1. The van der Waals surface area contributed by atoms with Crippen molar-refractivity contribution in [2.75, 3.05) is 42.7 Å². The first-order valence-corrected chi connectivity index (χ1v) is 20.6. The molecular formula is C51H45NO14. The Morgan fingerprint density at radius 1 is 0.576 bits per heavy atom. The molecule has 1 aliphatic rings. The van der Waals surface area contributed by atoms with Crippen LogP contribution in [-0.4, -0.2) is 60.1 Å². The molecule has 6 aromatic carbocycles. The van der Waals surface area contributed by atoms with Crippen LogP contribution in [0.2, 0.25) is 0 Å². The van der Waals surface area contributed by atoms with Crippen molar-refractivity contribution in [3.63, 3.8) is 0 Å². The molecule has 0 bridgehead atoms. The fraction of sp³-hybridized carbons (Fsp3) is 0.216. The van der Waals surface area contributed by atoms with Gasteiger partial charge in [-0.1, -0.05) is 96.2 Å². The second-order valence-electron chi connectivity index (χ2n) is 14.8. The highest BCUT2D eigenvalue weighted by Gasteiger charge is 2.39. The molecule has 0 aliphatic carbocycles. The number of benzene rings is 6. The van der Waals surface area contributed by atoms with Crippen LogP contribution in [0.5, 0.6) is 46.0 Å². The molecule has 1 unspecified atom stereocenters. The molecule has 0 fully saturated rings. The Balaban J connectivity index is 1.28. The predicted octanol–water partition coefficient (Wildman–Crippen LogP) is 9.21. The molecule has 0 saturated carbocycles. The molecule has 2 heterocycles. The minimum atomic E-state index is -0.993. The number of carbonyl (C=O) groups excluding carboxylic acids is 2. The lowest BCUT2D eigenvalue weighted by Crippen LogP contribution is -2.18. The SMILES string of the molecule is COC(=O)c1cc2cc(C3CC(C(=O)c4c(OCc5ccccc5)c(OC)c5c(OC)c(OC)cc(OC)c5c4OC)=NO3)c(OCc3ccccc3)c(OCc3ccccc3)c2c(=O)o1. The number of rotatable bonds is 18. The van der Waals surface area contributed by atoms with E-state index in [9.17, 15) is 9.59 Å². The highest BCUT2D eigenvalue weighted by Crippen LogP contribution is 2.56. The Morgan fingerprint density at radius 2 is 1.12 bits per heavy atom. The Labute approximate surface area is 378 Å². The van der Waals surface area contributed by atoms with Crippen molar-refractivity contribution >= 4 is 39.0 Å². The van der Waals surface area contributed by atoms with Crippen molar-refractivity contribution in [2.45, 2.75) is 32.3 Å². The second-order valence-corrected chi connectivity index (χ2v) is 14.8. The van der Waals surface area contributed by atoms with E-state index < -0.39 is 23.5 Å². The van der Waals surface area contributed by atoms with Crippen molar-refractivity contribution in [2.24, 2.45) is 5.16 Å². The Bertz CT molecular complexity index is 3010. The molecule has 66 heavy (non-hydrogen) atoms. The third-order valence-electron chi connectivity index (χ3n) is 10.9. The number of carbonyl (C=O) groups is 2. The first-order chi connectivity index (χ1) is 32.2. The molecule has 0 spiro atoms. The molecule has 1 aromatic heterocycles. The summed E-state index contributed by atoms with van der Waals surface area (Å²) in [5.74, 6) is -0.488. The van der Waals surface area contributed by atoms with Gasteiger partial charge in [-0.3, -0.25) is 4.79 Å². The molecule has 7 aromatic rings. The first kappa shape index (κ1) is 44.4. The molecule has 1 aliphatic heterocycles. The minimum Gasteiger partial charge on any atom is -0.496 e. The molecule has 0 saturated heterocycles. The van der Waals surface area contributed by atoms with E-state index >= 15 is 4.79 Å². The summed E-state index contributed by atoms with van der Waals surface area (Å²) in [6.45, 7) is 0.118. The number of ether oxygens (including phenoxy) is 9. The summed E-state index contributed by atoms with van der Waals surface area (Å²) in [6.07, 6.45) is -1.10. The average Bonchev–Trinajstić information content (AvgIpc) is 3.86. The largest absolute Gasteiger partial charge is 0.496 e. The molecule has 15 nitrogen and oxygen atoms in total. The number of hydrogen-bond acceptors (Lipinski definition) is 15.